The number of hydrogen-bond donors (Lipinski definition) is 2. The maximum Gasteiger partial charge on any atom is 0.279 e. The van der Waals surface area contributed by atoms with Crippen LogP contribution in [0.4, 0.5) is 11.4 Å². The molecule has 2 N–H and O–H groups in total. The van der Waals surface area contributed by atoms with Gasteiger partial charge >= 0.3 is 0 Å². The van der Waals surface area contributed by atoms with E-state index in [0.29, 0.717) is 16.5 Å². The van der Waals surface area contributed by atoms with Gasteiger partial charge in [-0.2, -0.15) is 5.11 Å². The van der Waals surface area contributed by atoms with Crippen LogP contribution in [0.15, 0.2) is 62.0 Å². The van der Waals surface area contributed by atoms with Gasteiger partial charge in [0.15, 0.2) is 11.6 Å². The maximum atomic E-state index is 12.3. The Balaban J connectivity index is 0.00000240. The molecule has 1 fully saturated rings. The molecule has 1 aromatic heterocycles. The molecule has 0 unspecified atom stereocenters. The second-order valence-corrected chi connectivity index (χ2v) is 7.96. The van der Waals surface area contributed by atoms with E-state index >= 15 is 0 Å². The lowest BCUT2D eigenvalue weighted by molar-refractivity contribution is 0.221. The molecular formula is C21H22BrClN4O2. The fourth-order valence-electron chi connectivity index (χ4n) is 3.53. The van der Waals surface area contributed by atoms with Crippen LogP contribution < -0.4 is 5.56 Å². The van der Waals surface area contributed by atoms with Gasteiger partial charge in [0.2, 0.25) is 0 Å². The van der Waals surface area contributed by atoms with E-state index in [1.807, 2.05) is 12.1 Å². The summed E-state index contributed by atoms with van der Waals surface area (Å²) in [6.07, 6.45) is 3.88. The molecule has 6 nitrogen and oxygen atoms in total. The van der Waals surface area contributed by atoms with Crippen LogP contribution in [0, 0.1) is 0 Å². The first-order valence-corrected chi connectivity index (χ1v) is 10.2. The van der Waals surface area contributed by atoms with Crippen LogP contribution in [0.1, 0.15) is 24.8 Å². The summed E-state index contributed by atoms with van der Waals surface area (Å²) in [6.45, 7) is 3.27. The van der Waals surface area contributed by atoms with Crippen molar-refractivity contribution in [2.24, 2.45) is 10.2 Å². The Morgan fingerprint density at radius 2 is 1.72 bits per heavy atom. The highest BCUT2D eigenvalue weighted by atomic mass is 79.9. The van der Waals surface area contributed by atoms with Gasteiger partial charge in [0, 0.05) is 21.8 Å². The molecule has 0 amide bonds. The number of nitrogens with one attached hydrogen (secondary N) is 1. The number of aromatic nitrogens is 1. The second kappa shape index (κ2) is 9.52. The summed E-state index contributed by atoms with van der Waals surface area (Å²) in [5, 5.41) is 19.4. The molecule has 2 aromatic carbocycles. The summed E-state index contributed by atoms with van der Waals surface area (Å²) in [5.41, 5.74) is 1.62. The van der Waals surface area contributed by atoms with Crippen molar-refractivity contribution in [1.82, 2.24) is 9.88 Å². The minimum atomic E-state index is -0.478. The van der Waals surface area contributed by atoms with Crippen LogP contribution in [-0.2, 0) is 6.54 Å². The predicted octanol–water partition coefficient (Wildman–Crippen LogP) is 5.82. The number of nitrogens with zero attached hydrogens (tertiary/aromatic N) is 3. The fraction of sp³-hybridized carbons (Fsp3) is 0.286. The van der Waals surface area contributed by atoms with Gasteiger partial charge in [-0.15, -0.1) is 17.5 Å². The normalized spacial score (nSPS) is 14.9. The fourth-order valence-corrected chi connectivity index (χ4v) is 3.89. The molecule has 1 aliphatic heterocycles. The number of aromatic hydroxyl groups is 1. The topological polar surface area (TPSA) is 81.0 Å². The van der Waals surface area contributed by atoms with Gasteiger partial charge in [0.05, 0.1) is 5.69 Å². The molecule has 0 spiro atoms. The van der Waals surface area contributed by atoms with Crippen LogP contribution in [0.25, 0.3) is 10.8 Å². The lowest BCUT2D eigenvalue weighted by atomic mass is 10.1. The number of rotatable bonds is 4. The molecule has 8 heteroatoms. The standard InChI is InChI=1S/C21H21BrN4O2.ClH/c22-15-6-9-17-18(12-15)19(21(28)23-20(17)27)25-24-16-7-4-14(5-8-16)13-26-10-2-1-3-11-26;/h4-9,12H,1-3,10-11,13H2,(H2,23,27,28);1H. The SMILES string of the molecule is Cl.O=c1[nH]c(O)c2ccc(Br)cc2c1N=Nc1ccc(CN2CCCCC2)cc1. The molecule has 0 aliphatic carbocycles. The zero-order valence-corrected chi connectivity index (χ0v) is 18.2. The van der Waals surface area contributed by atoms with Crippen LogP contribution in [-0.4, -0.2) is 28.1 Å². The van der Waals surface area contributed by atoms with Crippen LogP contribution >= 0.6 is 28.3 Å². The van der Waals surface area contributed by atoms with E-state index in [2.05, 4.69) is 48.2 Å². The smallest absolute Gasteiger partial charge is 0.279 e. The number of fused-ring (bicyclic) bond motifs is 1. The molecule has 1 aliphatic rings. The average Bonchev–Trinajstić information content (AvgIpc) is 2.69. The van der Waals surface area contributed by atoms with Gasteiger partial charge in [0.25, 0.3) is 5.56 Å². The van der Waals surface area contributed by atoms with Crippen molar-refractivity contribution in [3.8, 4) is 5.88 Å². The Labute approximate surface area is 183 Å². The molecular weight excluding hydrogens is 456 g/mol. The van der Waals surface area contributed by atoms with Crippen molar-refractivity contribution in [2.75, 3.05) is 13.1 Å². The first-order valence-electron chi connectivity index (χ1n) is 9.38. The minimum absolute atomic E-state index is 0. The molecule has 2 heterocycles. The number of benzene rings is 2. The zero-order chi connectivity index (χ0) is 19.5. The summed E-state index contributed by atoms with van der Waals surface area (Å²) < 4.78 is 0.795. The van der Waals surface area contributed by atoms with E-state index in [1.54, 1.807) is 18.2 Å². The molecule has 0 bridgehead atoms. The zero-order valence-electron chi connectivity index (χ0n) is 15.8. The number of halogens is 2. The second-order valence-electron chi connectivity index (χ2n) is 7.04. The highest BCUT2D eigenvalue weighted by Crippen LogP contribution is 2.31. The summed E-state index contributed by atoms with van der Waals surface area (Å²) >= 11 is 3.39. The number of pyridine rings is 1. The Hall–Kier alpha value is -2.22. The maximum absolute atomic E-state index is 12.3. The highest BCUT2D eigenvalue weighted by molar-refractivity contribution is 9.10. The Morgan fingerprint density at radius 3 is 2.45 bits per heavy atom. The first kappa shape index (κ1) is 21.5. The van der Waals surface area contributed by atoms with Crippen LogP contribution in [0.3, 0.4) is 0 Å². The third kappa shape index (κ3) is 5.04. The van der Waals surface area contributed by atoms with Gasteiger partial charge in [-0.05, 0) is 61.8 Å². The molecule has 1 saturated heterocycles. The van der Waals surface area contributed by atoms with Crippen molar-refractivity contribution in [3.05, 3.63) is 62.9 Å². The number of hydrogen-bond acceptors (Lipinski definition) is 5. The summed E-state index contributed by atoms with van der Waals surface area (Å²) in [5.74, 6) is -0.173. The average molecular weight is 478 g/mol. The third-order valence-corrected chi connectivity index (χ3v) is 5.49. The number of piperidine rings is 1. The van der Waals surface area contributed by atoms with E-state index < -0.39 is 5.56 Å². The number of H-pyrrole nitrogens is 1. The van der Waals surface area contributed by atoms with Crippen molar-refractivity contribution in [3.63, 3.8) is 0 Å². The van der Waals surface area contributed by atoms with Gasteiger partial charge in [-0.1, -0.05) is 34.5 Å². The molecule has 152 valence electrons. The van der Waals surface area contributed by atoms with Crippen molar-refractivity contribution in [2.45, 2.75) is 25.8 Å². The van der Waals surface area contributed by atoms with Crippen molar-refractivity contribution < 1.29 is 5.11 Å². The Bertz CT molecular complexity index is 1080. The largest absolute Gasteiger partial charge is 0.494 e. The summed E-state index contributed by atoms with van der Waals surface area (Å²) in [4.78, 5) is 17.2. The predicted molar refractivity (Wildman–Crippen MR) is 121 cm³/mol. The molecule has 0 atom stereocenters. The van der Waals surface area contributed by atoms with E-state index in [1.165, 1.54) is 24.8 Å². The van der Waals surface area contributed by atoms with Crippen LogP contribution in [0.5, 0.6) is 5.88 Å². The molecule has 0 saturated carbocycles. The highest BCUT2D eigenvalue weighted by Gasteiger charge is 2.12. The lowest BCUT2D eigenvalue weighted by Gasteiger charge is -2.26. The van der Waals surface area contributed by atoms with E-state index in [4.69, 9.17) is 0 Å². The van der Waals surface area contributed by atoms with Crippen molar-refractivity contribution in [1.29, 1.82) is 0 Å². The number of likely N-dealkylation sites (tertiary alicyclic amines) is 1. The van der Waals surface area contributed by atoms with Gasteiger partial charge < -0.3 is 5.11 Å². The quantitative estimate of drug-likeness (QED) is 0.465. The lowest BCUT2D eigenvalue weighted by Crippen LogP contribution is -2.28. The molecule has 29 heavy (non-hydrogen) atoms. The van der Waals surface area contributed by atoms with Gasteiger partial charge in [-0.3, -0.25) is 14.7 Å². The molecule has 0 radical (unpaired) electrons. The van der Waals surface area contributed by atoms with Gasteiger partial charge in [-0.25, -0.2) is 0 Å². The summed E-state index contributed by atoms with van der Waals surface area (Å²) in [7, 11) is 0. The monoisotopic (exact) mass is 476 g/mol. The van der Waals surface area contributed by atoms with Gasteiger partial charge in [0.1, 0.15) is 0 Å². The Morgan fingerprint density at radius 1 is 1.00 bits per heavy atom. The summed E-state index contributed by atoms with van der Waals surface area (Å²) in [6, 6.07) is 13.2. The van der Waals surface area contributed by atoms with E-state index in [-0.39, 0.29) is 24.0 Å². The van der Waals surface area contributed by atoms with E-state index in [0.717, 1.165) is 24.1 Å². The van der Waals surface area contributed by atoms with E-state index in [9.17, 15) is 9.90 Å². The Kier molecular flexibility index (Phi) is 7.05. The minimum Gasteiger partial charge on any atom is -0.494 e. The molecule has 3 aromatic rings. The number of aromatic amines is 1. The first-order chi connectivity index (χ1) is 13.6. The number of azo groups is 1. The molecule has 4 rings (SSSR count). The van der Waals surface area contributed by atoms with Crippen molar-refractivity contribution >= 4 is 50.5 Å². The van der Waals surface area contributed by atoms with Crippen LogP contribution in [0.2, 0.25) is 0 Å². The third-order valence-electron chi connectivity index (χ3n) is 5.00.